The van der Waals surface area contributed by atoms with Crippen molar-refractivity contribution >= 4 is 50.0 Å². The van der Waals surface area contributed by atoms with Gasteiger partial charge in [0.15, 0.2) is 5.82 Å². The average Bonchev–Trinajstić information content (AvgIpc) is 2.40. The first-order valence-electron chi connectivity index (χ1n) is 5.53. The van der Waals surface area contributed by atoms with E-state index in [4.69, 9.17) is 23.2 Å². The zero-order valence-corrected chi connectivity index (χ0v) is 12.7. The van der Waals surface area contributed by atoms with Crippen molar-refractivity contribution in [3.63, 3.8) is 0 Å². The molecule has 0 aliphatic rings. The van der Waals surface area contributed by atoms with Gasteiger partial charge in [-0.25, -0.2) is 9.97 Å². The maximum Gasteiger partial charge on any atom is 0.162 e. The van der Waals surface area contributed by atoms with Crippen LogP contribution < -0.4 is 0 Å². The Hall–Kier alpha value is -1.16. The standard InChI is InChI=1S/C14H7BrCl2N2/c15-8-5-6-12-10(7-8)13(17)19-14(18-12)9-3-1-2-4-11(9)16/h1-7H. The van der Waals surface area contributed by atoms with Gasteiger partial charge in [0, 0.05) is 15.4 Å². The second-order valence-electron chi connectivity index (χ2n) is 3.98. The van der Waals surface area contributed by atoms with Crippen molar-refractivity contribution < 1.29 is 0 Å². The Labute approximate surface area is 128 Å². The summed E-state index contributed by atoms with van der Waals surface area (Å²) in [5.41, 5.74) is 1.56. The first kappa shape index (κ1) is 12.9. The van der Waals surface area contributed by atoms with Gasteiger partial charge in [-0.1, -0.05) is 51.3 Å². The molecule has 0 N–H and O–H groups in total. The van der Waals surface area contributed by atoms with Gasteiger partial charge in [0.2, 0.25) is 0 Å². The number of fused-ring (bicyclic) bond motifs is 1. The quantitative estimate of drug-likeness (QED) is 0.550. The normalized spacial score (nSPS) is 10.9. The first-order valence-corrected chi connectivity index (χ1v) is 7.08. The lowest BCUT2D eigenvalue weighted by Gasteiger charge is -2.06. The Balaban J connectivity index is 2.27. The average molecular weight is 354 g/mol. The van der Waals surface area contributed by atoms with Crippen LogP contribution in [-0.2, 0) is 0 Å². The predicted octanol–water partition coefficient (Wildman–Crippen LogP) is 5.37. The van der Waals surface area contributed by atoms with Gasteiger partial charge in [-0.15, -0.1) is 0 Å². The van der Waals surface area contributed by atoms with Crippen LogP contribution in [0.1, 0.15) is 0 Å². The summed E-state index contributed by atoms with van der Waals surface area (Å²) in [6.07, 6.45) is 0. The summed E-state index contributed by atoms with van der Waals surface area (Å²) in [5.74, 6) is 0.533. The van der Waals surface area contributed by atoms with Crippen molar-refractivity contribution in [2.24, 2.45) is 0 Å². The lowest BCUT2D eigenvalue weighted by atomic mass is 10.2. The van der Waals surface area contributed by atoms with Crippen LogP contribution in [0.15, 0.2) is 46.9 Å². The second-order valence-corrected chi connectivity index (χ2v) is 5.66. The number of rotatable bonds is 1. The summed E-state index contributed by atoms with van der Waals surface area (Å²) in [5, 5.41) is 1.84. The van der Waals surface area contributed by atoms with Gasteiger partial charge < -0.3 is 0 Å². The summed E-state index contributed by atoms with van der Waals surface area (Å²) in [6, 6.07) is 13.2. The Kier molecular flexibility index (Phi) is 3.44. The molecule has 1 heterocycles. The molecule has 19 heavy (non-hydrogen) atoms. The van der Waals surface area contributed by atoms with Crippen LogP contribution in [-0.4, -0.2) is 9.97 Å². The fraction of sp³-hybridized carbons (Fsp3) is 0. The van der Waals surface area contributed by atoms with Gasteiger partial charge in [0.05, 0.1) is 10.5 Å². The highest BCUT2D eigenvalue weighted by molar-refractivity contribution is 9.10. The van der Waals surface area contributed by atoms with Gasteiger partial charge in [-0.3, -0.25) is 0 Å². The van der Waals surface area contributed by atoms with E-state index >= 15 is 0 Å². The van der Waals surface area contributed by atoms with E-state index < -0.39 is 0 Å². The van der Waals surface area contributed by atoms with Crippen molar-refractivity contribution in [2.75, 3.05) is 0 Å². The molecule has 0 radical (unpaired) electrons. The fourth-order valence-electron chi connectivity index (χ4n) is 1.83. The molecule has 0 aliphatic heterocycles. The molecule has 94 valence electrons. The highest BCUT2D eigenvalue weighted by Gasteiger charge is 2.10. The zero-order valence-electron chi connectivity index (χ0n) is 9.57. The Morgan fingerprint density at radius 1 is 0.947 bits per heavy atom. The lowest BCUT2D eigenvalue weighted by Crippen LogP contribution is -1.92. The summed E-state index contributed by atoms with van der Waals surface area (Å²) in [6.45, 7) is 0. The molecule has 0 saturated carbocycles. The first-order chi connectivity index (χ1) is 9.15. The third-order valence-electron chi connectivity index (χ3n) is 2.73. The van der Waals surface area contributed by atoms with Gasteiger partial charge in [-0.2, -0.15) is 0 Å². The Morgan fingerprint density at radius 2 is 1.74 bits per heavy atom. The van der Waals surface area contributed by atoms with Gasteiger partial charge in [-0.05, 0) is 30.3 Å². The van der Waals surface area contributed by atoms with E-state index in [1.807, 2.05) is 36.4 Å². The molecule has 2 aromatic carbocycles. The van der Waals surface area contributed by atoms with Crippen LogP contribution in [0.25, 0.3) is 22.3 Å². The van der Waals surface area contributed by atoms with Crippen LogP contribution in [0.2, 0.25) is 10.2 Å². The van der Waals surface area contributed by atoms with E-state index in [-0.39, 0.29) is 0 Å². The molecule has 2 nitrogen and oxygen atoms in total. The van der Waals surface area contributed by atoms with Crippen LogP contribution in [0.3, 0.4) is 0 Å². The molecule has 0 saturated heterocycles. The smallest absolute Gasteiger partial charge is 0.162 e. The SMILES string of the molecule is Clc1ccccc1-c1nc(Cl)c2cc(Br)ccc2n1. The summed E-state index contributed by atoms with van der Waals surface area (Å²) >= 11 is 15.8. The number of halogens is 3. The Bertz CT molecular complexity index is 774. The molecule has 1 aromatic heterocycles. The monoisotopic (exact) mass is 352 g/mol. The van der Waals surface area contributed by atoms with Crippen molar-refractivity contribution in [1.82, 2.24) is 9.97 Å². The third kappa shape index (κ3) is 2.46. The molecule has 0 atom stereocenters. The maximum absolute atomic E-state index is 6.22. The minimum Gasteiger partial charge on any atom is -0.228 e. The number of nitrogens with zero attached hydrogens (tertiary/aromatic N) is 2. The predicted molar refractivity (Wildman–Crippen MR) is 82.7 cm³/mol. The van der Waals surface area contributed by atoms with E-state index in [9.17, 15) is 0 Å². The molecule has 5 heteroatoms. The van der Waals surface area contributed by atoms with Gasteiger partial charge >= 0.3 is 0 Å². The molecule has 0 bridgehead atoms. The number of aromatic nitrogens is 2. The van der Waals surface area contributed by atoms with Crippen molar-refractivity contribution in [3.05, 3.63) is 57.1 Å². The van der Waals surface area contributed by atoms with Crippen molar-refractivity contribution in [1.29, 1.82) is 0 Å². The highest BCUT2D eigenvalue weighted by Crippen LogP contribution is 2.30. The van der Waals surface area contributed by atoms with E-state index in [1.165, 1.54) is 0 Å². The fourth-order valence-corrected chi connectivity index (χ4v) is 2.64. The van der Waals surface area contributed by atoms with E-state index in [2.05, 4.69) is 25.9 Å². The highest BCUT2D eigenvalue weighted by atomic mass is 79.9. The van der Waals surface area contributed by atoms with Gasteiger partial charge in [0.1, 0.15) is 5.15 Å². The number of benzene rings is 2. The number of hydrogen-bond acceptors (Lipinski definition) is 2. The molecule has 0 aliphatic carbocycles. The molecular weight excluding hydrogens is 347 g/mol. The van der Waals surface area contributed by atoms with E-state index in [0.29, 0.717) is 16.0 Å². The molecule has 3 aromatic rings. The molecular formula is C14H7BrCl2N2. The molecule has 0 fully saturated rings. The van der Waals surface area contributed by atoms with Crippen LogP contribution in [0.5, 0.6) is 0 Å². The number of hydrogen-bond donors (Lipinski definition) is 0. The minimum atomic E-state index is 0.418. The van der Waals surface area contributed by atoms with Gasteiger partial charge in [0.25, 0.3) is 0 Å². The molecule has 3 rings (SSSR count). The zero-order chi connectivity index (χ0) is 13.4. The van der Waals surface area contributed by atoms with Crippen LogP contribution in [0, 0.1) is 0 Å². The van der Waals surface area contributed by atoms with Crippen molar-refractivity contribution in [3.8, 4) is 11.4 Å². The van der Waals surface area contributed by atoms with Crippen molar-refractivity contribution in [2.45, 2.75) is 0 Å². The van der Waals surface area contributed by atoms with Crippen LogP contribution in [0.4, 0.5) is 0 Å². The lowest BCUT2D eigenvalue weighted by molar-refractivity contribution is 1.23. The maximum atomic E-state index is 6.22. The van der Waals surface area contributed by atoms with Crippen LogP contribution >= 0.6 is 39.1 Å². The molecule has 0 spiro atoms. The topological polar surface area (TPSA) is 25.8 Å². The second kappa shape index (κ2) is 5.08. The largest absolute Gasteiger partial charge is 0.228 e. The minimum absolute atomic E-state index is 0.418. The molecule has 0 amide bonds. The summed E-state index contributed by atoms with van der Waals surface area (Å²) in [7, 11) is 0. The summed E-state index contributed by atoms with van der Waals surface area (Å²) < 4.78 is 0.941. The molecule has 0 unspecified atom stereocenters. The Morgan fingerprint density at radius 3 is 2.53 bits per heavy atom. The van der Waals surface area contributed by atoms with E-state index in [0.717, 1.165) is 20.9 Å². The van der Waals surface area contributed by atoms with E-state index in [1.54, 1.807) is 6.07 Å². The third-order valence-corrected chi connectivity index (χ3v) is 3.84. The summed E-state index contributed by atoms with van der Waals surface area (Å²) in [4.78, 5) is 8.83.